The van der Waals surface area contributed by atoms with Crippen LogP contribution in [0, 0.1) is 0 Å². The first-order chi connectivity index (χ1) is 12.5. The molecule has 0 radical (unpaired) electrons. The maximum atomic E-state index is 12.3. The molecule has 1 aromatic carbocycles. The van der Waals surface area contributed by atoms with Crippen LogP contribution in [0.25, 0.3) is 0 Å². The standard InChI is InChI=1S/C19H25N3O3S/c1-4-25-16-9-6-5-8-14(16)19(24)21-13-18(23)20-12-15(22(2)3)17-10-7-11-26-17/h5-11,15H,4,12-13H2,1-3H3,(H,20,23)(H,21,24). The number of ether oxygens (including phenoxy) is 1. The van der Waals surface area contributed by atoms with Crippen molar-refractivity contribution in [2.45, 2.75) is 13.0 Å². The van der Waals surface area contributed by atoms with Crippen LogP contribution in [0.3, 0.4) is 0 Å². The highest BCUT2D eigenvalue weighted by Gasteiger charge is 2.17. The molecule has 2 N–H and O–H groups in total. The quantitative estimate of drug-likeness (QED) is 0.706. The molecule has 2 aromatic rings. The van der Waals surface area contributed by atoms with Gasteiger partial charge in [-0.2, -0.15) is 0 Å². The number of hydrogen-bond donors (Lipinski definition) is 2. The predicted molar refractivity (Wildman–Crippen MR) is 104 cm³/mol. The van der Waals surface area contributed by atoms with Crippen LogP contribution in [0.5, 0.6) is 5.75 Å². The second-order valence-electron chi connectivity index (χ2n) is 5.91. The minimum atomic E-state index is -0.327. The van der Waals surface area contributed by atoms with Crippen LogP contribution in [-0.4, -0.2) is 50.5 Å². The van der Waals surface area contributed by atoms with Gasteiger partial charge in [-0.05, 0) is 44.6 Å². The third kappa shape index (κ3) is 5.57. The van der Waals surface area contributed by atoms with E-state index in [9.17, 15) is 9.59 Å². The van der Waals surface area contributed by atoms with Gasteiger partial charge in [0.25, 0.3) is 5.91 Å². The highest BCUT2D eigenvalue weighted by Crippen LogP contribution is 2.22. The third-order valence-corrected chi connectivity index (χ3v) is 4.80. The number of benzene rings is 1. The molecular weight excluding hydrogens is 350 g/mol. The number of rotatable bonds is 9. The number of para-hydroxylation sites is 1. The van der Waals surface area contributed by atoms with Crippen LogP contribution in [0.2, 0.25) is 0 Å². The zero-order valence-corrected chi connectivity index (χ0v) is 16.1. The first-order valence-corrected chi connectivity index (χ1v) is 9.37. The van der Waals surface area contributed by atoms with Crippen LogP contribution >= 0.6 is 11.3 Å². The summed E-state index contributed by atoms with van der Waals surface area (Å²) in [6.45, 7) is 2.73. The van der Waals surface area contributed by atoms with Crippen molar-refractivity contribution in [3.05, 3.63) is 52.2 Å². The molecule has 1 aromatic heterocycles. The molecule has 0 spiro atoms. The predicted octanol–water partition coefficient (Wildman–Crippen LogP) is 2.30. The molecule has 0 aliphatic carbocycles. The fraction of sp³-hybridized carbons (Fsp3) is 0.368. The Kier molecular flexibility index (Phi) is 7.62. The summed E-state index contributed by atoms with van der Waals surface area (Å²) in [5.41, 5.74) is 0.423. The molecule has 1 atom stereocenters. The highest BCUT2D eigenvalue weighted by molar-refractivity contribution is 7.10. The summed E-state index contributed by atoms with van der Waals surface area (Å²) in [6.07, 6.45) is 0. The molecule has 0 saturated carbocycles. The van der Waals surface area contributed by atoms with Gasteiger partial charge in [0.05, 0.1) is 24.8 Å². The summed E-state index contributed by atoms with van der Waals surface area (Å²) in [7, 11) is 3.95. The molecule has 0 saturated heterocycles. The summed E-state index contributed by atoms with van der Waals surface area (Å²) in [6, 6.07) is 11.1. The maximum absolute atomic E-state index is 12.3. The Bertz CT molecular complexity index is 717. The summed E-state index contributed by atoms with van der Waals surface area (Å²) in [4.78, 5) is 27.7. The van der Waals surface area contributed by atoms with Crippen molar-refractivity contribution in [2.75, 3.05) is 33.8 Å². The summed E-state index contributed by atoms with van der Waals surface area (Å²) >= 11 is 1.66. The van der Waals surface area contributed by atoms with E-state index in [0.717, 1.165) is 0 Å². The van der Waals surface area contributed by atoms with Crippen molar-refractivity contribution in [3.8, 4) is 5.75 Å². The van der Waals surface area contributed by atoms with Gasteiger partial charge in [-0.15, -0.1) is 11.3 Å². The van der Waals surface area contributed by atoms with Crippen molar-refractivity contribution < 1.29 is 14.3 Å². The maximum Gasteiger partial charge on any atom is 0.255 e. The molecule has 6 nitrogen and oxygen atoms in total. The fourth-order valence-electron chi connectivity index (χ4n) is 2.48. The molecule has 26 heavy (non-hydrogen) atoms. The lowest BCUT2D eigenvalue weighted by Gasteiger charge is -2.23. The first kappa shape index (κ1) is 19.9. The van der Waals surface area contributed by atoms with Crippen LogP contribution < -0.4 is 15.4 Å². The van der Waals surface area contributed by atoms with Gasteiger partial charge in [-0.1, -0.05) is 18.2 Å². The number of hydrogen-bond acceptors (Lipinski definition) is 5. The number of carbonyl (C=O) groups is 2. The fourth-order valence-corrected chi connectivity index (χ4v) is 3.41. The Morgan fingerprint density at radius 3 is 2.58 bits per heavy atom. The molecule has 0 bridgehead atoms. The number of nitrogens with zero attached hydrogens (tertiary/aromatic N) is 1. The molecule has 140 valence electrons. The van der Waals surface area contributed by atoms with E-state index in [1.54, 1.807) is 35.6 Å². The molecule has 2 rings (SSSR count). The molecule has 1 heterocycles. The molecule has 2 amide bonds. The van der Waals surface area contributed by atoms with Gasteiger partial charge in [0.2, 0.25) is 5.91 Å². The second kappa shape index (κ2) is 9.94. The number of carbonyl (C=O) groups excluding carboxylic acids is 2. The number of amides is 2. The van der Waals surface area contributed by atoms with Gasteiger partial charge < -0.3 is 20.3 Å². The van der Waals surface area contributed by atoms with E-state index in [0.29, 0.717) is 24.5 Å². The zero-order valence-electron chi connectivity index (χ0n) is 15.3. The van der Waals surface area contributed by atoms with Crippen LogP contribution in [0.1, 0.15) is 28.2 Å². The molecule has 0 aliphatic rings. The van der Waals surface area contributed by atoms with E-state index in [1.165, 1.54) is 4.88 Å². The Hall–Kier alpha value is -2.38. The summed E-state index contributed by atoms with van der Waals surface area (Å²) in [5, 5.41) is 7.54. The van der Waals surface area contributed by atoms with Crippen molar-refractivity contribution in [2.24, 2.45) is 0 Å². The molecule has 0 aliphatic heterocycles. The Labute approximate surface area is 158 Å². The van der Waals surface area contributed by atoms with Gasteiger partial charge in [0, 0.05) is 11.4 Å². The highest BCUT2D eigenvalue weighted by atomic mass is 32.1. The van der Waals surface area contributed by atoms with Crippen LogP contribution in [-0.2, 0) is 4.79 Å². The molecule has 1 unspecified atom stereocenters. The lowest BCUT2D eigenvalue weighted by Crippen LogP contribution is -2.40. The number of thiophene rings is 1. The largest absolute Gasteiger partial charge is 0.493 e. The normalized spacial score (nSPS) is 11.8. The van der Waals surface area contributed by atoms with Crippen molar-refractivity contribution in [1.82, 2.24) is 15.5 Å². The van der Waals surface area contributed by atoms with Gasteiger partial charge in [-0.3, -0.25) is 9.59 Å². The number of likely N-dealkylation sites (N-methyl/N-ethyl adjacent to an activating group) is 1. The van der Waals surface area contributed by atoms with E-state index in [4.69, 9.17) is 4.74 Å². The average Bonchev–Trinajstić information content (AvgIpc) is 3.14. The summed E-state index contributed by atoms with van der Waals surface area (Å²) in [5.74, 6) is -0.0412. The van der Waals surface area contributed by atoms with E-state index in [2.05, 4.69) is 15.5 Å². The van der Waals surface area contributed by atoms with Gasteiger partial charge in [0.1, 0.15) is 5.75 Å². The Morgan fingerprint density at radius 2 is 1.92 bits per heavy atom. The topological polar surface area (TPSA) is 70.7 Å². The molecule has 0 fully saturated rings. The monoisotopic (exact) mass is 375 g/mol. The first-order valence-electron chi connectivity index (χ1n) is 8.49. The van der Waals surface area contributed by atoms with Crippen molar-refractivity contribution in [3.63, 3.8) is 0 Å². The second-order valence-corrected chi connectivity index (χ2v) is 6.89. The lowest BCUT2D eigenvalue weighted by molar-refractivity contribution is -0.120. The Morgan fingerprint density at radius 1 is 1.15 bits per heavy atom. The van der Waals surface area contributed by atoms with Crippen molar-refractivity contribution >= 4 is 23.2 Å². The van der Waals surface area contributed by atoms with E-state index in [-0.39, 0.29) is 24.4 Å². The van der Waals surface area contributed by atoms with E-state index >= 15 is 0 Å². The van der Waals surface area contributed by atoms with Crippen LogP contribution in [0.4, 0.5) is 0 Å². The van der Waals surface area contributed by atoms with Gasteiger partial charge >= 0.3 is 0 Å². The average molecular weight is 375 g/mol. The molecule has 7 heteroatoms. The van der Waals surface area contributed by atoms with Crippen molar-refractivity contribution in [1.29, 1.82) is 0 Å². The number of nitrogens with one attached hydrogen (secondary N) is 2. The Balaban J connectivity index is 1.86. The molecular formula is C19H25N3O3S. The minimum absolute atomic E-state index is 0.0795. The SMILES string of the molecule is CCOc1ccccc1C(=O)NCC(=O)NCC(c1cccs1)N(C)C. The van der Waals surface area contributed by atoms with Gasteiger partial charge in [-0.25, -0.2) is 0 Å². The third-order valence-electron chi connectivity index (χ3n) is 3.83. The van der Waals surface area contributed by atoms with E-state index < -0.39 is 0 Å². The lowest BCUT2D eigenvalue weighted by atomic mass is 10.2. The van der Waals surface area contributed by atoms with Crippen LogP contribution in [0.15, 0.2) is 41.8 Å². The van der Waals surface area contributed by atoms with E-state index in [1.807, 2.05) is 38.5 Å². The smallest absolute Gasteiger partial charge is 0.255 e. The zero-order chi connectivity index (χ0) is 18.9. The minimum Gasteiger partial charge on any atom is -0.493 e. The van der Waals surface area contributed by atoms with Gasteiger partial charge in [0.15, 0.2) is 0 Å². The summed E-state index contributed by atoms with van der Waals surface area (Å²) < 4.78 is 5.45.